The number of carbonyl (C=O) groups is 4. The molecule has 0 aromatic heterocycles. The van der Waals surface area contributed by atoms with Gasteiger partial charge in [-0.15, -0.1) is 0 Å². The molecule has 0 bridgehead atoms. The summed E-state index contributed by atoms with van der Waals surface area (Å²) in [7, 11) is 2.99. The van der Waals surface area contributed by atoms with Crippen molar-refractivity contribution in [2.24, 2.45) is 11.8 Å². The Morgan fingerprint density at radius 2 is 1.61 bits per heavy atom. The van der Waals surface area contributed by atoms with Crippen LogP contribution in [0.15, 0.2) is 0 Å². The molecule has 1 unspecified atom stereocenters. The van der Waals surface area contributed by atoms with E-state index in [1.165, 1.54) is 30.8 Å². The average Bonchev–Trinajstić information content (AvgIpc) is 2.61. The van der Waals surface area contributed by atoms with Crippen molar-refractivity contribution in [3.05, 3.63) is 0 Å². The number of aliphatic hydroxyl groups is 1. The van der Waals surface area contributed by atoms with Crippen molar-refractivity contribution in [3.63, 3.8) is 0 Å². The second kappa shape index (κ2) is 11.3. The van der Waals surface area contributed by atoms with Crippen LogP contribution in [0.1, 0.15) is 54.4 Å². The van der Waals surface area contributed by atoms with E-state index in [1.807, 2.05) is 27.7 Å². The number of aliphatic hydroxyl groups excluding tert-OH is 1. The van der Waals surface area contributed by atoms with Crippen molar-refractivity contribution in [2.45, 2.75) is 78.2 Å². The monoisotopic (exact) mass is 399 g/mol. The van der Waals surface area contributed by atoms with Crippen molar-refractivity contribution < 1.29 is 24.3 Å². The van der Waals surface area contributed by atoms with Gasteiger partial charge in [-0.2, -0.15) is 0 Å². The molecule has 0 heterocycles. The van der Waals surface area contributed by atoms with Gasteiger partial charge >= 0.3 is 0 Å². The van der Waals surface area contributed by atoms with Gasteiger partial charge in [0.1, 0.15) is 12.3 Å². The second-order valence-electron chi connectivity index (χ2n) is 8.32. The molecule has 0 aliphatic carbocycles. The first-order chi connectivity index (χ1) is 12.8. The fraction of sp³-hybridized carbons (Fsp3) is 0.800. The molecular weight excluding hydrogens is 362 g/mol. The molecule has 0 aromatic carbocycles. The topological polar surface area (TPSA) is 107 Å². The standard InChI is InChI=1S/C20H37N3O5/c1-13(2)10-20(12-25,21-17(11-24)14(3)4)23(8)19(28)16(6)22(7)18(27)9-15(5)26/h11-17,21,26H,9-10H2,1-8H3/t15-,16-,17+,20?/m1/s1. The maximum absolute atomic E-state index is 13.1. The first kappa shape index (κ1) is 26.2. The summed E-state index contributed by atoms with van der Waals surface area (Å²) in [6, 6.07) is -1.44. The third-order valence-corrected chi connectivity index (χ3v) is 4.93. The predicted molar refractivity (Wildman–Crippen MR) is 107 cm³/mol. The summed E-state index contributed by atoms with van der Waals surface area (Å²) in [6.07, 6.45) is 0.804. The zero-order valence-electron chi connectivity index (χ0n) is 18.4. The van der Waals surface area contributed by atoms with Gasteiger partial charge < -0.3 is 19.7 Å². The van der Waals surface area contributed by atoms with Crippen molar-refractivity contribution in [3.8, 4) is 0 Å². The van der Waals surface area contributed by atoms with Crippen LogP contribution >= 0.6 is 0 Å². The summed E-state index contributed by atoms with van der Waals surface area (Å²) in [5.41, 5.74) is -1.37. The summed E-state index contributed by atoms with van der Waals surface area (Å²) < 4.78 is 0. The molecule has 0 saturated carbocycles. The summed E-state index contributed by atoms with van der Waals surface area (Å²) in [5, 5.41) is 12.5. The van der Waals surface area contributed by atoms with E-state index < -0.39 is 29.8 Å². The first-order valence-electron chi connectivity index (χ1n) is 9.73. The Hall–Kier alpha value is -1.80. The second-order valence-corrected chi connectivity index (χ2v) is 8.32. The third kappa shape index (κ3) is 6.98. The number of nitrogens with one attached hydrogen (secondary N) is 1. The van der Waals surface area contributed by atoms with Gasteiger partial charge in [-0.3, -0.25) is 19.7 Å². The number of hydrogen-bond donors (Lipinski definition) is 2. The van der Waals surface area contributed by atoms with Crippen LogP contribution in [0.5, 0.6) is 0 Å². The fourth-order valence-electron chi connectivity index (χ4n) is 2.98. The summed E-state index contributed by atoms with van der Waals surface area (Å²) in [6.45, 7) is 10.6. The molecule has 28 heavy (non-hydrogen) atoms. The minimum absolute atomic E-state index is 0.0670. The van der Waals surface area contributed by atoms with Crippen LogP contribution in [0.3, 0.4) is 0 Å². The van der Waals surface area contributed by atoms with E-state index in [-0.39, 0.29) is 24.2 Å². The molecule has 0 fully saturated rings. The molecule has 2 N–H and O–H groups in total. The Labute approximate surface area is 168 Å². The van der Waals surface area contributed by atoms with Crippen LogP contribution in [0.25, 0.3) is 0 Å². The van der Waals surface area contributed by atoms with E-state index in [0.29, 0.717) is 12.7 Å². The van der Waals surface area contributed by atoms with E-state index >= 15 is 0 Å². The van der Waals surface area contributed by atoms with E-state index in [1.54, 1.807) is 6.92 Å². The Morgan fingerprint density at radius 1 is 1.07 bits per heavy atom. The van der Waals surface area contributed by atoms with Crippen LogP contribution in [0.2, 0.25) is 0 Å². The Bertz CT molecular complexity index is 550. The van der Waals surface area contributed by atoms with Gasteiger partial charge in [-0.05, 0) is 32.1 Å². The van der Waals surface area contributed by atoms with Gasteiger partial charge in [-0.1, -0.05) is 27.7 Å². The molecule has 0 radical (unpaired) electrons. The van der Waals surface area contributed by atoms with Crippen LogP contribution < -0.4 is 5.32 Å². The van der Waals surface area contributed by atoms with Crippen molar-refractivity contribution in [1.82, 2.24) is 15.1 Å². The minimum Gasteiger partial charge on any atom is -0.393 e. The molecule has 8 heteroatoms. The van der Waals surface area contributed by atoms with Crippen LogP contribution in [0.4, 0.5) is 0 Å². The molecule has 0 aliphatic heterocycles. The van der Waals surface area contributed by atoms with Gasteiger partial charge in [0.2, 0.25) is 11.8 Å². The molecule has 2 amide bonds. The van der Waals surface area contributed by atoms with Crippen molar-refractivity contribution >= 4 is 24.4 Å². The smallest absolute Gasteiger partial charge is 0.246 e. The molecule has 0 saturated heterocycles. The quantitative estimate of drug-likeness (QED) is 0.372. The molecular formula is C20H37N3O5. The summed E-state index contributed by atoms with van der Waals surface area (Å²) in [4.78, 5) is 51.5. The minimum atomic E-state index is -1.37. The van der Waals surface area contributed by atoms with Gasteiger partial charge in [0.25, 0.3) is 0 Å². The summed E-state index contributed by atoms with van der Waals surface area (Å²) in [5.74, 6) is -0.807. The number of likely N-dealkylation sites (N-methyl/N-ethyl adjacent to an activating group) is 2. The van der Waals surface area contributed by atoms with E-state index in [0.717, 1.165) is 6.29 Å². The van der Waals surface area contributed by atoms with Crippen LogP contribution in [-0.2, 0) is 19.2 Å². The highest BCUT2D eigenvalue weighted by Crippen LogP contribution is 2.22. The number of carbonyl (C=O) groups excluding carboxylic acids is 4. The van der Waals surface area contributed by atoms with Gasteiger partial charge in [0.05, 0.1) is 18.6 Å². The van der Waals surface area contributed by atoms with Gasteiger partial charge in [-0.25, -0.2) is 0 Å². The molecule has 0 spiro atoms. The lowest BCUT2D eigenvalue weighted by Crippen LogP contribution is -2.67. The Kier molecular flexibility index (Phi) is 10.5. The zero-order chi connectivity index (χ0) is 22.2. The maximum Gasteiger partial charge on any atom is 0.246 e. The lowest BCUT2D eigenvalue weighted by Gasteiger charge is -2.43. The fourth-order valence-corrected chi connectivity index (χ4v) is 2.98. The molecule has 0 aliphatic rings. The number of amides is 2. The highest BCUT2D eigenvalue weighted by molar-refractivity contribution is 5.89. The van der Waals surface area contributed by atoms with E-state index in [9.17, 15) is 24.3 Å². The van der Waals surface area contributed by atoms with E-state index in [4.69, 9.17) is 0 Å². The SMILES string of the molecule is CC(C)CC(C=O)(N[C@@H](C=O)C(C)C)N(C)C(=O)[C@@H](C)N(C)C(=O)C[C@@H](C)O. The van der Waals surface area contributed by atoms with Crippen molar-refractivity contribution in [2.75, 3.05) is 14.1 Å². The highest BCUT2D eigenvalue weighted by atomic mass is 16.3. The number of aldehydes is 2. The molecule has 162 valence electrons. The highest BCUT2D eigenvalue weighted by Gasteiger charge is 2.42. The molecule has 4 atom stereocenters. The molecule has 8 nitrogen and oxygen atoms in total. The Morgan fingerprint density at radius 3 is 1.96 bits per heavy atom. The maximum atomic E-state index is 13.1. The molecule has 0 rings (SSSR count). The summed E-state index contributed by atoms with van der Waals surface area (Å²) >= 11 is 0. The van der Waals surface area contributed by atoms with Crippen molar-refractivity contribution in [1.29, 1.82) is 0 Å². The van der Waals surface area contributed by atoms with Gasteiger partial charge in [0, 0.05) is 14.1 Å². The Balaban J connectivity index is 5.75. The average molecular weight is 400 g/mol. The number of rotatable bonds is 12. The first-order valence-corrected chi connectivity index (χ1v) is 9.73. The number of hydrogen-bond acceptors (Lipinski definition) is 6. The third-order valence-electron chi connectivity index (χ3n) is 4.93. The lowest BCUT2D eigenvalue weighted by molar-refractivity contribution is -0.152. The largest absolute Gasteiger partial charge is 0.393 e. The van der Waals surface area contributed by atoms with E-state index in [2.05, 4.69) is 5.32 Å². The lowest BCUT2D eigenvalue weighted by atomic mass is 9.93. The van der Waals surface area contributed by atoms with Gasteiger partial charge in [0.15, 0.2) is 11.9 Å². The molecule has 0 aromatic rings. The van der Waals surface area contributed by atoms with Crippen LogP contribution in [-0.4, -0.2) is 77.2 Å². The predicted octanol–water partition coefficient (Wildman–Crippen LogP) is 0.817. The zero-order valence-corrected chi connectivity index (χ0v) is 18.4. The normalized spacial score (nSPS) is 16.8. The number of nitrogens with zero attached hydrogens (tertiary/aromatic N) is 2. The van der Waals surface area contributed by atoms with Crippen LogP contribution in [0, 0.1) is 11.8 Å².